The van der Waals surface area contributed by atoms with Crippen LogP contribution in [0.4, 0.5) is 0 Å². The lowest BCUT2D eigenvalue weighted by Gasteiger charge is -2.45. The minimum Gasteiger partial charge on any atom is -0.504 e. The maximum atomic E-state index is 9.79. The largest absolute Gasteiger partial charge is 0.504 e. The summed E-state index contributed by atoms with van der Waals surface area (Å²) in [6.45, 7) is 9.32. The normalized spacial score (nSPS) is 21.7. The van der Waals surface area contributed by atoms with E-state index in [9.17, 15) is 5.11 Å². The van der Waals surface area contributed by atoms with Crippen LogP contribution in [-0.2, 0) is 0 Å². The number of aromatic hydroxyl groups is 1. The van der Waals surface area contributed by atoms with Crippen molar-refractivity contribution in [3.63, 3.8) is 0 Å². The number of rotatable bonds is 6. The van der Waals surface area contributed by atoms with Crippen LogP contribution in [0.2, 0.25) is 0 Å². The summed E-state index contributed by atoms with van der Waals surface area (Å²) in [5.74, 6) is 0.682. The van der Waals surface area contributed by atoms with Crippen molar-refractivity contribution in [1.82, 2.24) is 9.80 Å². The number of hydrogen-bond acceptors (Lipinski definition) is 5. The molecule has 0 aliphatic carbocycles. The van der Waals surface area contributed by atoms with E-state index in [1.165, 1.54) is 0 Å². The number of benzene rings is 1. The zero-order valence-corrected chi connectivity index (χ0v) is 14.0. The Kier molecular flexibility index (Phi) is 6.06. The number of likely N-dealkylation sites (N-methyl/N-ethyl adjacent to an activating group) is 1. The maximum Gasteiger partial charge on any atom is 0.160 e. The van der Waals surface area contributed by atoms with Gasteiger partial charge in [0.15, 0.2) is 11.5 Å². The molecular formula is C17H29N3O2. The number of phenols is 1. The van der Waals surface area contributed by atoms with Crippen LogP contribution in [0.1, 0.15) is 31.9 Å². The molecule has 1 aliphatic rings. The molecule has 3 N–H and O–H groups in total. The summed E-state index contributed by atoms with van der Waals surface area (Å²) in [6, 6.07) is 6.24. The monoisotopic (exact) mass is 307 g/mol. The fourth-order valence-electron chi connectivity index (χ4n) is 3.36. The molecule has 0 amide bonds. The Morgan fingerprint density at radius 2 is 2.14 bits per heavy atom. The van der Waals surface area contributed by atoms with Crippen LogP contribution in [0.25, 0.3) is 0 Å². The van der Waals surface area contributed by atoms with Gasteiger partial charge in [-0.25, -0.2) is 0 Å². The Labute approximate surface area is 133 Å². The van der Waals surface area contributed by atoms with Gasteiger partial charge in [0.05, 0.1) is 7.11 Å². The van der Waals surface area contributed by atoms with Crippen molar-refractivity contribution in [2.24, 2.45) is 5.73 Å². The third-order valence-corrected chi connectivity index (χ3v) is 4.74. The first kappa shape index (κ1) is 17.1. The number of hydrogen-bond donors (Lipinski definition) is 2. The molecule has 124 valence electrons. The molecule has 1 heterocycles. The molecule has 1 aromatic carbocycles. The van der Waals surface area contributed by atoms with E-state index < -0.39 is 0 Å². The predicted molar refractivity (Wildman–Crippen MR) is 89.4 cm³/mol. The van der Waals surface area contributed by atoms with Gasteiger partial charge in [0.1, 0.15) is 0 Å². The molecule has 5 nitrogen and oxygen atoms in total. The first-order valence-electron chi connectivity index (χ1n) is 8.19. The van der Waals surface area contributed by atoms with Gasteiger partial charge in [-0.1, -0.05) is 19.9 Å². The van der Waals surface area contributed by atoms with Crippen molar-refractivity contribution in [3.8, 4) is 11.5 Å². The van der Waals surface area contributed by atoms with Gasteiger partial charge < -0.3 is 20.5 Å². The highest BCUT2D eigenvalue weighted by Crippen LogP contribution is 2.32. The lowest BCUT2D eigenvalue weighted by Crippen LogP contribution is -2.54. The second-order valence-electron chi connectivity index (χ2n) is 5.88. The molecule has 1 fully saturated rings. The Morgan fingerprint density at radius 1 is 1.36 bits per heavy atom. The number of piperazine rings is 1. The molecule has 0 aromatic heterocycles. The molecule has 0 bridgehead atoms. The zero-order chi connectivity index (χ0) is 16.1. The topological polar surface area (TPSA) is 62.0 Å². The van der Waals surface area contributed by atoms with Crippen molar-refractivity contribution in [2.45, 2.75) is 32.4 Å². The number of ether oxygens (including phenoxy) is 1. The fourth-order valence-corrected chi connectivity index (χ4v) is 3.36. The summed E-state index contributed by atoms with van der Waals surface area (Å²) in [6.07, 6.45) is 1.11. The highest BCUT2D eigenvalue weighted by atomic mass is 16.5. The van der Waals surface area contributed by atoms with Crippen molar-refractivity contribution in [2.75, 3.05) is 39.8 Å². The quantitative estimate of drug-likeness (QED) is 0.839. The van der Waals surface area contributed by atoms with Crippen molar-refractivity contribution in [1.29, 1.82) is 0 Å². The van der Waals surface area contributed by atoms with Gasteiger partial charge in [-0.3, -0.25) is 4.90 Å². The van der Waals surface area contributed by atoms with E-state index in [0.717, 1.165) is 38.2 Å². The van der Waals surface area contributed by atoms with Gasteiger partial charge in [-0.05, 0) is 30.7 Å². The minimum absolute atomic E-state index is 0.165. The fraction of sp³-hybridized carbons (Fsp3) is 0.647. The second kappa shape index (κ2) is 7.81. The van der Waals surface area contributed by atoms with Crippen molar-refractivity contribution in [3.05, 3.63) is 23.8 Å². The molecule has 5 heteroatoms. The lowest BCUT2D eigenvalue weighted by atomic mass is 9.99. The van der Waals surface area contributed by atoms with E-state index in [1.54, 1.807) is 13.2 Å². The molecule has 0 saturated carbocycles. The smallest absolute Gasteiger partial charge is 0.160 e. The zero-order valence-electron chi connectivity index (χ0n) is 14.0. The van der Waals surface area contributed by atoms with Crippen LogP contribution in [-0.4, -0.2) is 60.8 Å². The molecule has 0 radical (unpaired) electrons. The summed E-state index contributed by atoms with van der Waals surface area (Å²) in [7, 11) is 1.57. The van der Waals surface area contributed by atoms with Crippen LogP contribution in [0.15, 0.2) is 18.2 Å². The first-order valence-corrected chi connectivity index (χ1v) is 8.19. The van der Waals surface area contributed by atoms with E-state index in [0.29, 0.717) is 18.3 Å². The number of methoxy groups -OCH3 is 1. The average Bonchev–Trinajstić information content (AvgIpc) is 2.57. The van der Waals surface area contributed by atoms with Crippen LogP contribution in [0, 0.1) is 0 Å². The molecule has 2 unspecified atom stereocenters. The van der Waals surface area contributed by atoms with Gasteiger partial charge >= 0.3 is 0 Å². The van der Waals surface area contributed by atoms with Gasteiger partial charge in [0, 0.05) is 38.3 Å². The number of nitrogens with two attached hydrogens (primary N) is 1. The van der Waals surface area contributed by atoms with Gasteiger partial charge in [0.25, 0.3) is 0 Å². The highest BCUT2D eigenvalue weighted by Gasteiger charge is 2.31. The molecule has 1 aromatic rings. The first-order chi connectivity index (χ1) is 10.6. The summed E-state index contributed by atoms with van der Waals surface area (Å²) in [5, 5.41) is 9.79. The molecule has 0 spiro atoms. The van der Waals surface area contributed by atoms with E-state index in [4.69, 9.17) is 10.5 Å². The summed E-state index contributed by atoms with van der Waals surface area (Å²) in [4.78, 5) is 5.01. The predicted octanol–water partition coefficient (Wildman–Crippen LogP) is 1.82. The van der Waals surface area contributed by atoms with E-state index >= 15 is 0 Å². The third kappa shape index (κ3) is 3.54. The van der Waals surface area contributed by atoms with E-state index in [-0.39, 0.29) is 11.8 Å². The molecule has 2 atom stereocenters. The van der Waals surface area contributed by atoms with E-state index in [2.05, 4.69) is 23.6 Å². The molecule has 2 rings (SSSR count). The van der Waals surface area contributed by atoms with E-state index in [1.807, 2.05) is 12.1 Å². The van der Waals surface area contributed by atoms with Crippen molar-refractivity contribution < 1.29 is 9.84 Å². The SMILES string of the molecule is CCC1CN(CC)CCN1C(CN)c1ccc(O)c(OC)c1. The van der Waals surface area contributed by atoms with Gasteiger partial charge in [0.2, 0.25) is 0 Å². The Balaban J connectivity index is 2.23. The summed E-state index contributed by atoms with van der Waals surface area (Å²) in [5.41, 5.74) is 7.20. The van der Waals surface area contributed by atoms with Crippen LogP contribution < -0.4 is 10.5 Å². The minimum atomic E-state index is 0.165. The summed E-state index contributed by atoms with van der Waals surface area (Å²) < 4.78 is 5.24. The molecule has 1 saturated heterocycles. The highest BCUT2D eigenvalue weighted by molar-refractivity contribution is 5.42. The number of nitrogens with zero attached hydrogens (tertiary/aromatic N) is 2. The van der Waals surface area contributed by atoms with Crippen LogP contribution in [0.3, 0.4) is 0 Å². The number of phenolic OH excluding ortho intramolecular Hbond substituents is 1. The van der Waals surface area contributed by atoms with Gasteiger partial charge in [-0.15, -0.1) is 0 Å². The van der Waals surface area contributed by atoms with Crippen molar-refractivity contribution >= 4 is 0 Å². The second-order valence-corrected chi connectivity index (χ2v) is 5.88. The molecule has 1 aliphatic heterocycles. The summed E-state index contributed by atoms with van der Waals surface area (Å²) >= 11 is 0. The lowest BCUT2D eigenvalue weighted by molar-refractivity contribution is 0.0427. The Morgan fingerprint density at radius 3 is 2.73 bits per heavy atom. The molecule has 22 heavy (non-hydrogen) atoms. The Hall–Kier alpha value is -1.30. The van der Waals surface area contributed by atoms with Crippen LogP contribution in [0.5, 0.6) is 11.5 Å². The third-order valence-electron chi connectivity index (χ3n) is 4.74. The van der Waals surface area contributed by atoms with Gasteiger partial charge in [-0.2, -0.15) is 0 Å². The average molecular weight is 307 g/mol. The maximum absolute atomic E-state index is 9.79. The van der Waals surface area contributed by atoms with Crippen LogP contribution >= 0.6 is 0 Å². The molecular weight excluding hydrogens is 278 g/mol. The standard InChI is InChI=1S/C17H29N3O2/c1-4-14-12-19(5-2)8-9-20(14)15(11-18)13-6-7-16(21)17(10-13)22-3/h6-7,10,14-15,21H,4-5,8-9,11-12,18H2,1-3H3. The Bertz CT molecular complexity index is 481.